The third-order valence-corrected chi connectivity index (χ3v) is 7.09. The van der Waals surface area contributed by atoms with E-state index in [-0.39, 0.29) is 5.91 Å². The number of hydrogen-bond donors (Lipinski definition) is 2. The Morgan fingerprint density at radius 2 is 2.07 bits per heavy atom. The maximum atomic E-state index is 11.3. The van der Waals surface area contributed by atoms with Gasteiger partial charge in [-0.2, -0.15) is 0 Å². The van der Waals surface area contributed by atoms with E-state index >= 15 is 0 Å². The fourth-order valence-corrected chi connectivity index (χ4v) is 5.92. The fraction of sp³-hybridized carbons (Fsp3) is 0.409. The van der Waals surface area contributed by atoms with E-state index in [1.807, 2.05) is 23.9 Å². The van der Waals surface area contributed by atoms with Crippen LogP contribution in [0.1, 0.15) is 31.2 Å². The van der Waals surface area contributed by atoms with Crippen LogP contribution in [0, 0.1) is 0 Å². The molecule has 3 heterocycles. The van der Waals surface area contributed by atoms with Gasteiger partial charge < -0.3 is 15.5 Å². The number of carbonyl (C=O) groups is 1. The van der Waals surface area contributed by atoms with Crippen molar-refractivity contribution in [1.29, 1.82) is 0 Å². The molecule has 3 aliphatic heterocycles. The predicted molar refractivity (Wildman–Crippen MR) is 113 cm³/mol. The molecule has 27 heavy (non-hydrogen) atoms. The predicted octanol–water partition coefficient (Wildman–Crippen LogP) is 4.07. The Balaban J connectivity index is 1.56. The zero-order chi connectivity index (χ0) is 18.4. The van der Waals surface area contributed by atoms with Gasteiger partial charge in [0.05, 0.1) is 5.69 Å². The number of nitrogens with zero attached hydrogens (tertiary/aromatic N) is 1. The molecule has 1 amide bonds. The van der Waals surface area contributed by atoms with E-state index < -0.39 is 0 Å². The van der Waals surface area contributed by atoms with Crippen molar-refractivity contribution in [2.45, 2.75) is 36.6 Å². The van der Waals surface area contributed by atoms with Crippen molar-refractivity contribution in [1.82, 2.24) is 5.32 Å². The third kappa shape index (κ3) is 3.03. The van der Waals surface area contributed by atoms with E-state index in [0.717, 1.165) is 18.8 Å². The van der Waals surface area contributed by atoms with Gasteiger partial charge >= 0.3 is 0 Å². The Bertz CT molecular complexity index is 880. The number of rotatable bonds is 2. The van der Waals surface area contributed by atoms with Crippen molar-refractivity contribution in [3.63, 3.8) is 0 Å². The van der Waals surface area contributed by atoms with Crippen LogP contribution in [-0.4, -0.2) is 37.3 Å². The lowest BCUT2D eigenvalue weighted by Gasteiger charge is -2.33. The van der Waals surface area contributed by atoms with E-state index in [9.17, 15) is 4.79 Å². The van der Waals surface area contributed by atoms with Crippen molar-refractivity contribution in [3.05, 3.63) is 42.0 Å². The molecule has 3 aliphatic rings. The first-order chi connectivity index (χ1) is 13.2. The van der Waals surface area contributed by atoms with Gasteiger partial charge in [0.25, 0.3) is 0 Å². The van der Waals surface area contributed by atoms with Gasteiger partial charge in [0.2, 0.25) is 5.91 Å². The second-order valence-corrected chi connectivity index (χ2v) is 8.87. The highest BCUT2D eigenvalue weighted by Crippen LogP contribution is 2.51. The van der Waals surface area contributed by atoms with Gasteiger partial charge in [-0.15, -0.1) is 11.8 Å². The van der Waals surface area contributed by atoms with Gasteiger partial charge in [0.15, 0.2) is 0 Å². The van der Waals surface area contributed by atoms with Crippen LogP contribution in [0.3, 0.4) is 0 Å². The number of piperidine rings is 1. The summed E-state index contributed by atoms with van der Waals surface area (Å²) in [5.74, 6) is 1.77. The van der Waals surface area contributed by atoms with E-state index in [1.54, 1.807) is 6.92 Å². The standard InChI is InChI=1S/C22H25N3OS/c1-14(26)24-17-5-3-15(4-6-17)16-11-18-19-13-23-8-7-20(19)25-9-2-10-27-21(12-16)22(18)25/h3-6,11-12,19-20,23H,2,7-10,13H2,1H3,(H,24,26)/t19-,20-/m1/s1. The molecule has 0 saturated carbocycles. The molecule has 0 aliphatic carbocycles. The van der Waals surface area contributed by atoms with E-state index in [1.165, 1.54) is 52.4 Å². The molecule has 0 unspecified atom stereocenters. The summed E-state index contributed by atoms with van der Waals surface area (Å²) in [7, 11) is 0. The molecule has 0 spiro atoms. The minimum absolute atomic E-state index is 0.0340. The summed E-state index contributed by atoms with van der Waals surface area (Å²) >= 11 is 2.01. The number of anilines is 2. The second kappa shape index (κ2) is 6.88. The normalized spacial score (nSPS) is 23.4. The number of hydrogen-bond acceptors (Lipinski definition) is 4. The van der Waals surface area contributed by atoms with Crippen LogP contribution in [0.5, 0.6) is 0 Å². The van der Waals surface area contributed by atoms with Gasteiger partial charge in [0.1, 0.15) is 0 Å². The lowest BCUT2D eigenvalue weighted by molar-refractivity contribution is -0.114. The smallest absolute Gasteiger partial charge is 0.221 e. The van der Waals surface area contributed by atoms with E-state index in [2.05, 4.69) is 39.8 Å². The SMILES string of the molecule is CC(=O)Nc1ccc(-c2cc3c4c(c2)[C@H]2CNCC[C@H]2N4CCCS3)cc1. The zero-order valence-electron chi connectivity index (χ0n) is 15.6. The van der Waals surface area contributed by atoms with Crippen LogP contribution >= 0.6 is 11.8 Å². The summed E-state index contributed by atoms with van der Waals surface area (Å²) in [6.45, 7) is 4.95. The number of nitrogens with one attached hydrogen (secondary N) is 2. The summed E-state index contributed by atoms with van der Waals surface area (Å²) in [5.41, 5.74) is 6.39. The maximum Gasteiger partial charge on any atom is 0.221 e. The lowest BCUT2D eigenvalue weighted by atomic mass is 9.88. The molecule has 0 radical (unpaired) electrons. The molecule has 1 saturated heterocycles. The minimum atomic E-state index is -0.0340. The summed E-state index contributed by atoms with van der Waals surface area (Å²) in [6, 6.07) is 13.7. The van der Waals surface area contributed by atoms with Crippen LogP contribution in [0.15, 0.2) is 41.3 Å². The Kier molecular flexibility index (Phi) is 4.37. The van der Waals surface area contributed by atoms with Crippen molar-refractivity contribution < 1.29 is 4.79 Å². The topological polar surface area (TPSA) is 44.4 Å². The van der Waals surface area contributed by atoms with Gasteiger partial charge in [-0.05, 0) is 66.1 Å². The van der Waals surface area contributed by atoms with Crippen molar-refractivity contribution in [2.24, 2.45) is 0 Å². The largest absolute Gasteiger partial charge is 0.367 e. The monoisotopic (exact) mass is 379 g/mol. The molecule has 2 atom stereocenters. The molecule has 5 heteroatoms. The molecular formula is C22H25N3OS. The molecule has 2 N–H and O–H groups in total. The summed E-state index contributed by atoms with van der Waals surface area (Å²) in [5, 5.41) is 6.46. The van der Waals surface area contributed by atoms with Crippen LogP contribution in [0.4, 0.5) is 11.4 Å². The van der Waals surface area contributed by atoms with Crippen LogP contribution in [-0.2, 0) is 4.79 Å². The Morgan fingerprint density at radius 1 is 1.22 bits per heavy atom. The molecule has 4 nitrogen and oxygen atoms in total. The summed E-state index contributed by atoms with van der Waals surface area (Å²) in [4.78, 5) is 15.4. The third-order valence-electron chi connectivity index (χ3n) is 5.98. The molecule has 1 fully saturated rings. The van der Waals surface area contributed by atoms with E-state index in [0.29, 0.717) is 12.0 Å². The zero-order valence-corrected chi connectivity index (χ0v) is 16.4. The van der Waals surface area contributed by atoms with Gasteiger partial charge in [0, 0.05) is 42.6 Å². The average molecular weight is 380 g/mol. The molecule has 0 bridgehead atoms. The number of fused-ring (bicyclic) bond motifs is 3. The molecule has 5 rings (SSSR count). The maximum absolute atomic E-state index is 11.3. The highest BCUT2D eigenvalue weighted by atomic mass is 32.2. The minimum Gasteiger partial charge on any atom is -0.367 e. The summed E-state index contributed by atoms with van der Waals surface area (Å²) in [6.07, 6.45) is 2.50. The highest BCUT2D eigenvalue weighted by molar-refractivity contribution is 7.99. The van der Waals surface area contributed by atoms with Crippen LogP contribution in [0.2, 0.25) is 0 Å². The fourth-order valence-electron chi connectivity index (χ4n) is 4.84. The lowest BCUT2D eigenvalue weighted by Crippen LogP contribution is -2.44. The average Bonchev–Trinajstić information content (AvgIpc) is 2.83. The van der Waals surface area contributed by atoms with Crippen molar-refractivity contribution >= 4 is 29.0 Å². The molecule has 2 aromatic carbocycles. The van der Waals surface area contributed by atoms with E-state index in [4.69, 9.17) is 0 Å². The Morgan fingerprint density at radius 3 is 2.89 bits per heavy atom. The Labute approximate surface area is 164 Å². The van der Waals surface area contributed by atoms with Gasteiger partial charge in [-0.1, -0.05) is 12.1 Å². The molecular weight excluding hydrogens is 354 g/mol. The first-order valence-corrected chi connectivity index (χ1v) is 10.9. The van der Waals surface area contributed by atoms with Crippen molar-refractivity contribution in [3.8, 4) is 11.1 Å². The first-order valence-electron chi connectivity index (χ1n) is 9.87. The summed E-state index contributed by atoms with van der Waals surface area (Å²) < 4.78 is 0. The highest BCUT2D eigenvalue weighted by Gasteiger charge is 2.41. The van der Waals surface area contributed by atoms with Crippen molar-refractivity contribution in [2.75, 3.05) is 35.6 Å². The quantitative estimate of drug-likeness (QED) is 0.825. The molecule has 140 valence electrons. The Hall–Kier alpha value is -1.98. The van der Waals surface area contributed by atoms with Gasteiger partial charge in [-0.3, -0.25) is 4.79 Å². The number of amides is 1. The molecule has 2 aromatic rings. The first kappa shape index (κ1) is 17.1. The second-order valence-electron chi connectivity index (χ2n) is 7.73. The number of carbonyl (C=O) groups excluding carboxylic acids is 1. The van der Waals surface area contributed by atoms with Crippen LogP contribution < -0.4 is 15.5 Å². The van der Waals surface area contributed by atoms with Crippen LogP contribution in [0.25, 0.3) is 11.1 Å². The molecule has 0 aromatic heterocycles. The number of thioether (sulfide) groups is 1. The number of benzene rings is 2. The van der Waals surface area contributed by atoms with Gasteiger partial charge in [-0.25, -0.2) is 0 Å².